The van der Waals surface area contributed by atoms with Gasteiger partial charge < -0.3 is 9.05 Å². The Hall–Kier alpha value is -0.0700. The molecule has 0 aliphatic carbocycles. The minimum absolute atomic E-state index is 0.158. The maximum Gasteiger partial charge on any atom is 0.452 e. The van der Waals surface area contributed by atoms with E-state index >= 15 is 0 Å². The van der Waals surface area contributed by atoms with Gasteiger partial charge in [-0.15, -0.1) is 0 Å². The quantitative estimate of drug-likeness (QED) is 0.0469. The molecule has 0 aromatic rings. The van der Waals surface area contributed by atoms with Crippen LogP contribution in [0.15, 0.2) is 0 Å². The van der Waals surface area contributed by atoms with Gasteiger partial charge in [-0.05, 0) is 31.9 Å². The molecule has 0 aromatic carbocycles. The molecule has 0 aromatic heterocycles. The number of rotatable bonds is 26. The molecule has 8 heteroatoms. The predicted octanol–water partition coefficient (Wildman–Crippen LogP) is 10.1. The van der Waals surface area contributed by atoms with E-state index in [0.717, 1.165) is 18.6 Å². The average molecular weight is 539 g/mol. The summed E-state index contributed by atoms with van der Waals surface area (Å²) in [4.78, 5) is 22.6. The molecule has 210 valence electrons. The fourth-order valence-corrected chi connectivity index (χ4v) is 6.08. The highest BCUT2D eigenvalue weighted by atomic mass is 32.2. The van der Waals surface area contributed by atoms with E-state index in [1.807, 2.05) is 25.6 Å². The van der Waals surface area contributed by atoms with Gasteiger partial charge in [0.25, 0.3) is 0 Å². The van der Waals surface area contributed by atoms with Crippen LogP contribution in [0.2, 0.25) is 0 Å². The number of carbonyl (C=O) groups is 1. The van der Waals surface area contributed by atoms with Crippen LogP contribution < -0.4 is 0 Å². The smallest absolute Gasteiger partial charge is 0.304 e. The molecule has 6 nitrogen and oxygen atoms in total. The van der Waals surface area contributed by atoms with Crippen LogP contribution in [-0.2, 0) is 23.4 Å². The Morgan fingerprint density at radius 3 is 1.80 bits per heavy atom. The van der Waals surface area contributed by atoms with Crippen LogP contribution in [0, 0.1) is 0 Å². The molecule has 35 heavy (non-hydrogen) atoms. The van der Waals surface area contributed by atoms with E-state index in [4.69, 9.17) is 18.8 Å². The first kappa shape index (κ1) is 34.9. The zero-order valence-electron chi connectivity index (χ0n) is 23.4. The summed E-state index contributed by atoms with van der Waals surface area (Å²) in [5.41, 5.74) is -1.08. The largest absolute Gasteiger partial charge is 0.452 e. The minimum Gasteiger partial charge on any atom is -0.304 e. The molecule has 0 saturated heterocycles. The molecule has 0 fully saturated rings. The molecule has 0 N–H and O–H groups in total. The van der Waals surface area contributed by atoms with Gasteiger partial charge in [0.05, 0.1) is 6.61 Å². The summed E-state index contributed by atoms with van der Waals surface area (Å²) in [6, 6.07) is 0. The summed E-state index contributed by atoms with van der Waals surface area (Å²) in [5, 5.41) is 0.224. The molecular weight excluding hydrogens is 483 g/mol. The molecule has 0 bridgehead atoms. The van der Waals surface area contributed by atoms with E-state index in [1.54, 1.807) is 0 Å². The number of hydrogen-bond donors (Lipinski definition) is 0. The fraction of sp³-hybridized carbons (Fsp3) is 0.963. The topological polar surface area (TPSA) is 71.1 Å². The van der Waals surface area contributed by atoms with Gasteiger partial charge in [-0.25, -0.2) is 9.36 Å². The van der Waals surface area contributed by atoms with E-state index in [1.165, 1.54) is 97.0 Å². The number of hydrogen-bond acceptors (Lipinski definition) is 7. The van der Waals surface area contributed by atoms with Crippen molar-refractivity contribution in [2.24, 2.45) is 0 Å². The maximum atomic E-state index is 12.5. The summed E-state index contributed by atoms with van der Waals surface area (Å²) in [6.45, 7) is 8.43. The van der Waals surface area contributed by atoms with Gasteiger partial charge in [-0.2, -0.15) is 16.6 Å². The Kier molecular flexibility index (Phi) is 24.2. The summed E-state index contributed by atoms with van der Waals surface area (Å²) in [7, 11) is -2.79. The zero-order valence-corrected chi connectivity index (χ0v) is 25.1. The molecule has 0 rings (SSSR count). The lowest BCUT2D eigenvalue weighted by atomic mass is 10.1. The van der Waals surface area contributed by atoms with Crippen LogP contribution in [0.1, 0.15) is 137 Å². The summed E-state index contributed by atoms with van der Waals surface area (Å²) in [6.07, 6.45) is 20.7. The van der Waals surface area contributed by atoms with Crippen LogP contribution in [0.3, 0.4) is 0 Å². The van der Waals surface area contributed by atoms with E-state index in [9.17, 15) is 9.36 Å². The normalized spacial score (nSPS) is 15.0. The van der Waals surface area contributed by atoms with Crippen molar-refractivity contribution in [3.8, 4) is 0 Å². The first-order chi connectivity index (χ1) is 16.9. The van der Waals surface area contributed by atoms with Crippen molar-refractivity contribution in [1.82, 2.24) is 0 Å². The zero-order chi connectivity index (χ0) is 26.2. The Morgan fingerprint density at radius 2 is 1.29 bits per heavy atom. The van der Waals surface area contributed by atoms with Crippen molar-refractivity contribution < 1.29 is 28.2 Å². The Morgan fingerprint density at radius 1 is 0.771 bits per heavy atom. The van der Waals surface area contributed by atoms with Crippen LogP contribution in [-0.4, -0.2) is 36.5 Å². The lowest BCUT2D eigenvalue weighted by Crippen LogP contribution is -2.25. The van der Waals surface area contributed by atoms with Crippen molar-refractivity contribution in [3.63, 3.8) is 0 Å². The molecule has 0 aliphatic rings. The van der Waals surface area contributed by atoms with Gasteiger partial charge in [0, 0.05) is 12.4 Å². The second-order valence-corrected chi connectivity index (χ2v) is 12.8. The highest BCUT2D eigenvalue weighted by Gasteiger charge is 2.37. The van der Waals surface area contributed by atoms with Crippen molar-refractivity contribution in [1.29, 1.82) is 0 Å². The van der Waals surface area contributed by atoms with E-state index < -0.39 is 13.3 Å². The van der Waals surface area contributed by atoms with Gasteiger partial charge in [0.2, 0.25) is 0 Å². The Labute approximate surface area is 220 Å². The molecule has 0 aliphatic heterocycles. The summed E-state index contributed by atoms with van der Waals surface area (Å²) >= 11 is 1.90. The summed E-state index contributed by atoms with van der Waals surface area (Å²) < 4.78 is 22.4. The predicted molar refractivity (Wildman–Crippen MR) is 149 cm³/mol. The third-order valence-electron chi connectivity index (χ3n) is 6.15. The first-order valence-electron chi connectivity index (χ1n) is 14.2. The third-order valence-corrected chi connectivity index (χ3v) is 9.24. The van der Waals surface area contributed by atoms with Crippen LogP contribution in [0.25, 0.3) is 0 Å². The Bertz CT molecular complexity index is 534. The standard InChI is InChI=1S/C27H55O6PS/c1-6-9-11-13-15-16-17-19-21-24-35-26(22-20-18-14-12-10-7-2)25(4)32-33-27(28)34(29,30-5)31-23-8-3/h25-26H,6-24H2,1-5H3. The number of thioether (sulfide) groups is 1. The molecule has 0 amide bonds. The van der Waals surface area contributed by atoms with E-state index in [2.05, 4.69) is 13.8 Å². The van der Waals surface area contributed by atoms with Crippen molar-refractivity contribution >= 4 is 25.1 Å². The first-order valence-corrected chi connectivity index (χ1v) is 16.8. The minimum atomic E-state index is -3.97. The molecule has 0 radical (unpaired) electrons. The molecule has 0 spiro atoms. The molecular formula is C27H55O6PS. The highest BCUT2D eigenvalue weighted by Crippen LogP contribution is 2.49. The average Bonchev–Trinajstić information content (AvgIpc) is 2.87. The number of carbonyl (C=O) groups excluding carboxylic acids is 1. The van der Waals surface area contributed by atoms with Gasteiger partial charge >= 0.3 is 13.3 Å². The van der Waals surface area contributed by atoms with Gasteiger partial charge in [-0.3, -0.25) is 4.89 Å². The van der Waals surface area contributed by atoms with Crippen LogP contribution in [0.5, 0.6) is 0 Å². The molecule has 0 heterocycles. The van der Waals surface area contributed by atoms with Crippen LogP contribution in [0.4, 0.5) is 4.79 Å². The Balaban J connectivity index is 4.47. The molecule has 0 saturated carbocycles. The monoisotopic (exact) mass is 538 g/mol. The SMILES string of the molecule is CCCCCCCCCCCSC(CCCCCCCC)C(C)OOC(=O)P(=O)(OC)OCCC. The van der Waals surface area contributed by atoms with Gasteiger partial charge in [-0.1, -0.05) is 111 Å². The second-order valence-electron chi connectivity index (χ2n) is 9.46. The van der Waals surface area contributed by atoms with Crippen LogP contribution >= 0.6 is 19.4 Å². The lowest BCUT2D eigenvalue weighted by molar-refractivity contribution is -0.262. The molecule has 3 atom stereocenters. The van der Waals surface area contributed by atoms with Gasteiger partial charge in [0.1, 0.15) is 6.10 Å². The molecule has 3 unspecified atom stereocenters. The highest BCUT2D eigenvalue weighted by molar-refractivity contribution is 7.99. The fourth-order valence-electron chi connectivity index (χ4n) is 3.84. The maximum absolute atomic E-state index is 12.5. The van der Waals surface area contributed by atoms with Crippen molar-refractivity contribution in [2.75, 3.05) is 19.5 Å². The second kappa shape index (κ2) is 24.3. The van der Waals surface area contributed by atoms with Crippen molar-refractivity contribution in [2.45, 2.75) is 148 Å². The lowest BCUT2D eigenvalue weighted by Gasteiger charge is -2.23. The summed E-state index contributed by atoms with van der Waals surface area (Å²) in [5.74, 6) is 1.08. The third kappa shape index (κ3) is 18.8. The van der Waals surface area contributed by atoms with Crippen molar-refractivity contribution in [3.05, 3.63) is 0 Å². The van der Waals surface area contributed by atoms with Gasteiger partial charge in [0.15, 0.2) is 0 Å². The van der Waals surface area contributed by atoms with E-state index in [0.29, 0.717) is 6.42 Å². The van der Waals surface area contributed by atoms with E-state index in [-0.39, 0.29) is 18.0 Å². The number of unbranched alkanes of at least 4 members (excludes halogenated alkanes) is 13.